The van der Waals surface area contributed by atoms with Gasteiger partial charge in [-0.3, -0.25) is 0 Å². The zero-order valence-electron chi connectivity index (χ0n) is 10.9. The van der Waals surface area contributed by atoms with Crippen LogP contribution in [0.4, 0.5) is 0 Å². The fourth-order valence-corrected chi connectivity index (χ4v) is 2.26. The Morgan fingerprint density at radius 1 is 0.850 bits per heavy atom. The second-order valence-corrected chi connectivity index (χ2v) is 4.53. The monoisotopic (exact) mass is 259 g/mol. The molecule has 20 heavy (non-hydrogen) atoms. The van der Waals surface area contributed by atoms with Gasteiger partial charge >= 0.3 is 0 Å². The van der Waals surface area contributed by atoms with E-state index in [1.165, 1.54) is 10.8 Å². The van der Waals surface area contributed by atoms with E-state index in [1.54, 1.807) is 6.07 Å². The summed E-state index contributed by atoms with van der Waals surface area (Å²) in [6.45, 7) is 0.458. The van der Waals surface area contributed by atoms with E-state index >= 15 is 0 Å². The van der Waals surface area contributed by atoms with Gasteiger partial charge in [-0.15, -0.1) is 0 Å². The summed E-state index contributed by atoms with van der Waals surface area (Å²) in [6, 6.07) is 23.8. The van der Waals surface area contributed by atoms with Crippen LogP contribution < -0.4 is 4.74 Å². The molecule has 0 heterocycles. The molecule has 0 saturated heterocycles. The molecule has 0 atom stereocenters. The Bertz CT molecular complexity index is 781. The lowest BCUT2D eigenvalue weighted by Gasteiger charge is -2.10. The maximum Gasteiger partial charge on any atom is 0.137 e. The van der Waals surface area contributed by atoms with E-state index in [0.717, 1.165) is 5.56 Å². The average molecular weight is 259 g/mol. The van der Waals surface area contributed by atoms with Gasteiger partial charge in [0.2, 0.25) is 0 Å². The van der Waals surface area contributed by atoms with E-state index in [9.17, 15) is 0 Å². The molecule has 0 radical (unpaired) electrons. The van der Waals surface area contributed by atoms with Crippen molar-refractivity contribution in [3.63, 3.8) is 0 Å². The number of hydrogen-bond donors (Lipinski definition) is 0. The summed E-state index contributed by atoms with van der Waals surface area (Å²) in [5, 5.41) is 11.4. The van der Waals surface area contributed by atoms with Crippen molar-refractivity contribution in [2.45, 2.75) is 6.61 Å². The van der Waals surface area contributed by atoms with E-state index in [-0.39, 0.29) is 0 Å². The topological polar surface area (TPSA) is 33.0 Å². The number of hydrogen-bond acceptors (Lipinski definition) is 2. The number of para-hydroxylation sites is 1. The van der Waals surface area contributed by atoms with Gasteiger partial charge in [-0.05, 0) is 28.5 Å². The van der Waals surface area contributed by atoms with Gasteiger partial charge in [-0.2, -0.15) is 5.26 Å². The molecule has 0 unspecified atom stereocenters. The van der Waals surface area contributed by atoms with Gasteiger partial charge in [0.1, 0.15) is 18.4 Å². The SMILES string of the molecule is N#Cc1ccccc1OCc1cccc2ccccc12. The summed E-state index contributed by atoms with van der Waals surface area (Å²) in [6.07, 6.45) is 0. The summed E-state index contributed by atoms with van der Waals surface area (Å²) in [4.78, 5) is 0. The van der Waals surface area contributed by atoms with E-state index in [2.05, 4.69) is 30.3 Å². The fourth-order valence-electron chi connectivity index (χ4n) is 2.26. The number of ether oxygens (including phenoxy) is 1. The zero-order valence-corrected chi connectivity index (χ0v) is 10.9. The van der Waals surface area contributed by atoms with E-state index in [0.29, 0.717) is 17.9 Å². The summed E-state index contributed by atoms with van der Waals surface area (Å²) in [5.74, 6) is 0.628. The van der Waals surface area contributed by atoms with Crippen LogP contribution in [-0.4, -0.2) is 0 Å². The maximum absolute atomic E-state index is 9.06. The molecule has 0 aliphatic carbocycles. The minimum atomic E-state index is 0.458. The summed E-state index contributed by atoms with van der Waals surface area (Å²) in [7, 11) is 0. The number of rotatable bonds is 3. The predicted octanol–water partition coefficient (Wildman–Crippen LogP) is 4.29. The molecular formula is C18H13NO. The normalized spacial score (nSPS) is 10.2. The highest BCUT2D eigenvalue weighted by molar-refractivity contribution is 5.85. The fraction of sp³-hybridized carbons (Fsp3) is 0.0556. The molecular weight excluding hydrogens is 246 g/mol. The standard InChI is InChI=1S/C18H13NO/c19-12-15-7-2-4-11-18(15)20-13-16-9-5-8-14-6-1-3-10-17(14)16/h1-11H,13H2. The summed E-state index contributed by atoms with van der Waals surface area (Å²) >= 11 is 0. The Morgan fingerprint density at radius 3 is 2.50 bits per heavy atom. The molecule has 0 aliphatic rings. The minimum absolute atomic E-state index is 0.458. The van der Waals surface area contributed by atoms with E-state index in [1.807, 2.05) is 36.4 Å². The highest BCUT2D eigenvalue weighted by Gasteiger charge is 2.04. The molecule has 0 aliphatic heterocycles. The highest BCUT2D eigenvalue weighted by atomic mass is 16.5. The third-order valence-corrected chi connectivity index (χ3v) is 3.27. The zero-order chi connectivity index (χ0) is 13.8. The number of fused-ring (bicyclic) bond motifs is 1. The van der Waals surface area contributed by atoms with Crippen molar-refractivity contribution in [2.24, 2.45) is 0 Å². The summed E-state index contributed by atoms with van der Waals surface area (Å²) in [5.41, 5.74) is 1.68. The highest BCUT2D eigenvalue weighted by Crippen LogP contribution is 2.22. The molecule has 2 nitrogen and oxygen atoms in total. The van der Waals surface area contributed by atoms with Gasteiger partial charge in [0, 0.05) is 0 Å². The first kappa shape index (κ1) is 12.3. The van der Waals surface area contributed by atoms with Gasteiger partial charge < -0.3 is 4.74 Å². The van der Waals surface area contributed by atoms with Crippen LogP contribution >= 0.6 is 0 Å². The first-order chi connectivity index (χ1) is 9.88. The van der Waals surface area contributed by atoms with Crippen molar-refractivity contribution in [3.8, 4) is 11.8 Å². The Balaban J connectivity index is 1.89. The molecule has 0 fully saturated rings. The first-order valence-corrected chi connectivity index (χ1v) is 6.47. The first-order valence-electron chi connectivity index (χ1n) is 6.47. The third kappa shape index (κ3) is 2.34. The number of nitrogens with zero attached hydrogens (tertiary/aromatic N) is 1. The van der Waals surface area contributed by atoms with Crippen molar-refractivity contribution >= 4 is 10.8 Å². The Morgan fingerprint density at radius 2 is 1.60 bits per heavy atom. The number of nitriles is 1. The largest absolute Gasteiger partial charge is 0.487 e. The molecule has 3 aromatic rings. The van der Waals surface area contributed by atoms with Crippen LogP contribution in [0.1, 0.15) is 11.1 Å². The van der Waals surface area contributed by atoms with Crippen LogP contribution in [0.5, 0.6) is 5.75 Å². The van der Waals surface area contributed by atoms with Gasteiger partial charge in [0.15, 0.2) is 0 Å². The average Bonchev–Trinajstić information content (AvgIpc) is 2.53. The molecule has 3 rings (SSSR count). The van der Waals surface area contributed by atoms with Gasteiger partial charge in [0.05, 0.1) is 5.56 Å². The van der Waals surface area contributed by atoms with Gasteiger partial charge in [-0.25, -0.2) is 0 Å². The molecule has 3 aromatic carbocycles. The van der Waals surface area contributed by atoms with E-state index in [4.69, 9.17) is 10.00 Å². The Labute approximate surface area is 117 Å². The molecule has 0 aromatic heterocycles. The van der Waals surface area contributed by atoms with Crippen LogP contribution in [0, 0.1) is 11.3 Å². The van der Waals surface area contributed by atoms with E-state index < -0.39 is 0 Å². The maximum atomic E-state index is 9.06. The Kier molecular flexibility index (Phi) is 3.34. The van der Waals surface area contributed by atoms with Gasteiger partial charge in [0.25, 0.3) is 0 Å². The lowest BCUT2D eigenvalue weighted by atomic mass is 10.1. The van der Waals surface area contributed by atoms with Crippen LogP contribution in [0.25, 0.3) is 10.8 Å². The lowest BCUT2D eigenvalue weighted by molar-refractivity contribution is 0.307. The third-order valence-electron chi connectivity index (χ3n) is 3.27. The molecule has 0 N–H and O–H groups in total. The smallest absolute Gasteiger partial charge is 0.137 e. The molecule has 96 valence electrons. The molecule has 0 spiro atoms. The van der Waals surface area contributed by atoms with Crippen molar-refractivity contribution in [3.05, 3.63) is 77.9 Å². The predicted molar refractivity (Wildman–Crippen MR) is 79.4 cm³/mol. The van der Waals surface area contributed by atoms with Crippen molar-refractivity contribution < 1.29 is 4.74 Å². The molecule has 2 heteroatoms. The second-order valence-electron chi connectivity index (χ2n) is 4.53. The quantitative estimate of drug-likeness (QED) is 0.703. The van der Waals surface area contributed by atoms with Crippen molar-refractivity contribution in [2.75, 3.05) is 0 Å². The molecule has 0 saturated carbocycles. The van der Waals surface area contributed by atoms with Gasteiger partial charge in [-0.1, -0.05) is 54.6 Å². The lowest BCUT2D eigenvalue weighted by Crippen LogP contribution is -1.98. The van der Waals surface area contributed by atoms with Crippen molar-refractivity contribution in [1.29, 1.82) is 5.26 Å². The second kappa shape index (κ2) is 5.46. The van der Waals surface area contributed by atoms with Crippen LogP contribution in [-0.2, 0) is 6.61 Å². The van der Waals surface area contributed by atoms with Crippen LogP contribution in [0.2, 0.25) is 0 Å². The summed E-state index contributed by atoms with van der Waals surface area (Å²) < 4.78 is 5.80. The van der Waals surface area contributed by atoms with Crippen molar-refractivity contribution in [1.82, 2.24) is 0 Å². The van der Waals surface area contributed by atoms with Crippen LogP contribution in [0.15, 0.2) is 66.7 Å². The Hall–Kier alpha value is -2.79. The minimum Gasteiger partial charge on any atom is -0.487 e. The molecule has 0 bridgehead atoms. The number of benzene rings is 3. The molecule has 0 amide bonds. The van der Waals surface area contributed by atoms with Crippen LogP contribution in [0.3, 0.4) is 0 Å².